The first-order chi connectivity index (χ1) is 3.79. The molecule has 0 aromatic heterocycles. The summed E-state index contributed by atoms with van der Waals surface area (Å²) in [5, 5.41) is 0. The number of rotatable bonds is 0. The lowest BCUT2D eigenvalue weighted by atomic mass is 10.3. The Morgan fingerprint density at radius 3 is 2.88 bits per heavy atom. The topological polar surface area (TPSA) is 9.23 Å². The molecular weight excluding hydrogens is 235 g/mol. The number of ether oxygens (including phenoxy) is 1. The molecule has 2 unspecified atom stereocenters. The highest BCUT2D eigenvalue weighted by atomic mass is 127. The van der Waals surface area contributed by atoms with Gasteiger partial charge >= 0.3 is 0 Å². The molecule has 1 heterocycles. The predicted molar refractivity (Wildman–Crippen MR) is 45.4 cm³/mol. The second-order valence-electron chi connectivity index (χ2n) is 1.91. The van der Waals surface area contributed by atoms with Crippen molar-refractivity contribution in [1.29, 1.82) is 0 Å². The van der Waals surface area contributed by atoms with Crippen LogP contribution >= 0.6 is 34.4 Å². The van der Waals surface area contributed by atoms with Gasteiger partial charge in [-0.15, -0.1) is 11.8 Å². The van der Waals surface area contributed by atoms with E-state index in [0.717, 1.165) is 9.20 Å². The molecule has 0 radical (unpaired) electrons. The van der Waals surface area contributed by atoms with Crippen molar-refractivity contribution in [3.05, 3.63) is 0 Å². The van der Waals surface area contributed by atoms with Gasteiger partial charge in [0.05, 0.1) is 15.3 Å². The van der Waals surface area contributed by atoms with E-state index in [4.69, 9.17) is 4.74 Å². The number of halogens is 1. The maximum Gasteiger partial charge on any atom is 0.0935 e. The first-order valence-corrected chi connectivity index (χ1v) is 4.96. The number of hydrogen-bond donors (Lipinski definition) is 0. The molecule has 1 fully saturated rings. The van der Waals surface area contributed by atoms with E-state index in [1.54, 1.807) is 0 Å². The van der Waals surface area contributed by atoms with Gasteiger partial charge in [0.1, 0.15) is 0 Å². The summed E-state index contributed by atoms with van der Waals surface area (Å²) in [4.78, 5) is 0. The zero-order valence-electron chi connectivity index (χ0n) is 4.76. The molecule has 0 bridgehead atoms. The van der Waals surface area contributed by atoms with Gasteiger partial charge in [-0.25, -0.2) is 0 Å². The standard InChI is InChI=1S/C5H9IOS/c1-4-2-5(6)8-3-7-4/h4-5H,2-3H2,1H3. The minimum absolute atomic E-state index is 0.484. The molecule has 1 nitrogen and oxygen atoms in total. The van der Waals surface area contributed by atoms with Crippen LogP contribution in [0.25, 0.3) is 0 Å². The fourth-order valence-corrected chi connectivity index (χ4v) is 2.65. The highest BCUT2D eigenvalue weighted by molar-refractivity contribution is 14.1. The van der Waals surface area contributed by atoms with E-state index in [1.807, 2.05) is 11.8 Å². The van der Waals surface area contributed by atoms with Crippen LogP contribution in [0.15, 0.2) is 0 Å². The molecule has 2 atom stereocenters. The van der Waals surface area contributed by atoms with Gasteiger partial charge in [-0.1, -0.05) is 22.6 Å². The Balaban J connectivity index is 2.23. The van der Waals surface area contributed by atoms with Crippen LogP contribution in [0.5, 0.6) is 0 Å². The number of thioether (sulfide) groups is 1. The van der Waals surface area contributed by atoms with E-state index in [1.165, 1.54) is 6.42 Å². The Kier molecular flexibility index (Phi) is 2.92. The van der Waals surface area contributed by atoms with E-state index < -0.39 is 0 Å². The quantitative estimate of drug-likeness (QED) is 0.477. The summed E-state index contributed by atoms with van der Waals surface area (Å²) in [5.41, 5.74) is 0. The summed E-state index contributed by atoms with van der Waals surface area (Å²) in [7, 11) is 0. The summed E-state index contributed by atoms with van der Waals surface area (Å²) in [5.74, 6) is 0.884. The summed E-state index contributed by atoms with van der Waals surface area (Å²) in [6, 6.07) is 0. The summed E-state index contributed by atoms with van der Waals surface area (Å²) < 4.78 is 6.08. The molecule has 0 amide bonds. The number of hydrogen-bond acceptors (Lipinski definition) is 2. The van der Waals surface area contributed by atoms with Crippen molar-refractivity contribution < 1.29 is 4.74 Å². The first-order valence-electron chi connectivity index (χ1n) is 2.66. The average Bonchev–Trinajstić information content (AvgIpc) is 1.64. The van der Waals surface area contributed by atoms with Crippen molar-refractivity contribution in [2.24, 2.45) is 0 Å². The fraction of sp³-hybridized carbons (Fsp3) is 1.00. The second-order valence-corrected chi connectivity index (χ2v) is 5.39. The molecule has 3 heteroatoms. The van der Waals surface area contributed by atoms with Crippen LogP contribution in [-0.4, -0.2) is 15.3 Å². The van der Waals surface area contributed by atoms with Crippen LogP contribution in [0.1, 0.15) is 13.3 Å². The average molecular weight is 244 g/mol. The molecule has 0 aliphatic carbocycles. The van der Waals surface area contributed by atoms with Gasteiger partial charge in [0, 0.05) is 0 Å². The molecule has 1 aliphatic rings. The number of alkyl halides is 1. The third-order valence-corrected chi connectivity index (χ3v) is 3.53. The maximum atomic E-state index is 5.31. The Morgan fingerprint density at radius 2 is 2.50 bits per heavy atom. The lowest BCUT2D eigenvalue weighted by molar-refractivity contribution is 0.0947. The van der Waals surface area contributed by atoms with Crippen molar-refractivity contribution >= 4 is 34.4 Å². The summed E-state index contributed by atoms with van der Waals surface area (Å²) in [6.45, 7) is 2.13. The Bertz CT molecular complexity index is 70.8. The van der Waals surface area contributed by atoms with Gasteiger partial charge in [0.2, 0.25) is 0 Å². The van der Waals surface area contributed by atoms with Crippen LogP contribution in [0, 0.1) is 0 Å². The second kappa shape index (κ2) is 3.27. The van der Waals surface area contributed by atoms with Crippen molar-refractivity contribution in [3.63, 3.8) is 0 Å². The lowest BCUT2D eigenvalue weighted by Gasteiger charge is -2.22. The monoisotopic (exact) mass is 244 g/mol. The van der Waals surface area contributed by atoms with Crippen LogP contribution < -0.4 is 0 Å². The summed E-state index contributed by atoms with van der Waals surface area (Å²) >= 11 is 4.34. The van der Waals surface area contributed by atoms with E-state index >= 15 is 0 Å². The van der Waals surface area contributed by atoms with Gasteiger partial charge in [-0.3, -0.25) is 0 Å². The Hall–Kier alpha value is 1.04. The SMILES string of the molecule is CC1CC(I)SCO1. The highest BCUT2D eigenvalue weighted by Gasteiger charge is 2.15. The molecule has 1 saturated heterocycles. The molecule has 8 heavy (non-hydrogen) atoms. The zero-order chi connectivity index (χ0) is 5.98. The van der Waals surface area contributed by atoms with Crippen LogP contribution in [0.2, 0.25) is 0 Å². The van der Waals surface area contributed by atoms with E-state index in [0.29, 0.717) is 6.10 Å². The molecule has 1 rings (SSSR count). The third-order valence-electron chi connectivity index (χ3n) is 1.12. The molecule has 0 spiro atoms. The minimum atomic E-state index is 0.484. The molecule has 0 saturated carbocycles. The maximum absolute atomic E-state index is 5.31. The smallest absolute Gasteiger partial charge is 0.0935 e. The zero-order valence-corrected chi connectivity index (χ0v) is 7.74. The van der Waals surface area contributed by atoms with E-state index in [9.17, 15) is 0 Å². The van der Waals surface area contributed by atoms with Gasteiger partial charge in [0.15, 0.2) is 0 Å². The van der Waals surface area contributed by atoms with Gasteiger partial charge < -0.3 is 4.74 Å². The minimum Gasteiger partial charge on any atom is -0.368 e. The highest BCUT2D eigenvalue weighted by Crippen LogP contribution is 2.28. The molecule has 48 valence electrons. The first kappa shape index (κ1) is 7.15. The predicted octanol–water partition coefficient (Wildman–Crippen LogP) is 2.25. The van der Waals surface area contributed by atoms with Crippen molar-refractivity contribution in [3.8, 4) is 0 Å². The van der Waals surface area contributed by atoms with Crippen molar-refractivity contribution in [2.45, 2.75) is 22.7 Å². The van der Waals surface area contributed by atoms with Gasteiger partial charge in [-0.2, -0.15) is 0 Å². The molecular formula is C5H9IOS. The third kappa shape index (κ3) is 2.11. The molecule has 0 aromatic carbocycles. The van der Waals surface area contributed by atoms with E-state index in [2.05, 4.69) is 29.5 Å². The Labute approximate surface area is 67.7 Å². The largest absolute Gasteiger partial charge is 0.368 e. The molecule has 0 aromatic rings. The van der Waals surface area contributed by atoms with Gasteiger partial charge in [0.25, 0.3) is 0 Å². The van der Waals surface area contributed by atoms with Crippen LogP contribution in [0.4, 0.5) is 0 Å². The van der Waals surface area contributed by atoms with Crippen molar-refractivity contribution in [2.75, 3.05) is 5.94 Å². The normalized spacial score (nSPS) is 39.8. The fourth-order valence-electron chi connectivity index (χ4n) is 0.626. The Morgan fingerprint density at radius 1 is 1.75 bits per heavy atom. The lowest BCUT2D eigenvalue weighted by Crippen LogP contribution is -2.18. The van der Waals surface area contributed by atoms with Crippen LogP contribution in [0.3, 0.4) is 0 Å². The molecule has 1 aliphatic heterocycles. The van der Waals surface area contributed by atoms with Gasteiger partial charge in [-0.05, 0) is 13.3 Å². The van der Waals surface area contributed by atoms with Crippen LogP contribution in [-0.2, 0) is 4.74 Å². The summed E-state index contributed by atoms with van der Waals surface area (Å²) in [6.07, 6.45) is 1.68. The van der Waals surface area contributed by atoms with E-state index in [-0.39, 0.29) is 0 Å². The molecule has 0 N–H and O–H groups in total. The van der Waals surface area contributed by atoms with Crippen molar-refractivity contribution in [1.82, 2.24) is 0 Å².